The first-order valence-electron chi connectivity index (χ1n) is 8.38. The van der Waals surface area contributed by atoms with E-state index in [9.17, 15) is 13.2 Å². The Morgan fingerprint density at radius 1 is 1.07 bits per heavy atom. The van der Waals surface area contributed by atoms with Crippen molar-refractivity contribution in [2.24, 2.45) is 5.10 Å². The number of hydrazone groups is 1. The van der Waals surface area contributed by atoms with Gasteiger partial charge in [-0.3, -0.25) is 0 Å². The zero-order chi connectivity index (χ0) is 20.1. The summed E-state index contributed by atoms with van der Waals surface area (Å²) in [7, 11) is -3.79. The number of nitrogens with one attached hydrogen (secondary N) is 1. The van der Waals surface area contributed by atoms with Crippen molar-refractivity contribution in [1.82, 2.24) is 4.83 Å². The summed E-state index contributed by atoms with van der Waals surface area (Å²) in [6.45, 7) is 1.43. The first-order valence-corrected chi connectivity index (χ1v) is 9.87. The fourth-order valence-corrected chi connectivity index (χ4v) is 3.27. The number of rotatable bonds is 7. The number of nitrogens with zero attached hydrogens (tertiary/aromatic N) is 1. The van der Waals surface area contributed by atoms with Crippen LogP contribution in [0.5, 0.6) is 5.75 Å². The van der Waals surface area contributed by atoms with Gasteiger partial charge in [0.05, 0.1) is 11.1 Å². The SMILES string of the molecule is C[C@@H](Oc1ccc(C=NNS(=O)(=O)c2ccc3ccccc3c2)cc1)C(=O)O. The van der Waals surface area contributed by atoms with Gasteiger partial charge in [-0.2, -0.15) is 13.5 Å². The molecule has 144 valence electrons. The van der Waals surface area contributed by atoms with E-state index in [0.29, 0.717) is 11.3 Å². The Morgan fingerprint density at radius 2 is 1.75 bits per heavy atom. The third-order valence-electron chi connectivity index (χ3n) is 3.96. The number of hydrogen-bond acceptors (Lipinski definition) is 5. The molecule has 0 aliphatic rings. The molecule has 0 aliphatic carbocycles. The summed E-state index contributed by atoms with van der Waals surface area (Å²) in [5.74, 6) is -0.669. The Morgan fingerprint density at radius 3 is 2.43 bits per heavy atom. The van der Waals surface area contributed by atoms with Crippen LogP contribution in [-0.2, 0) is 14.8 Å². The van der Waals surface area contributed by atoms with Crippen molar-refractivity contribution in [2.45, 2.75) is 17.9 Å². The quantitative estimate of drug-likeness (QED) is 0.470. The van der Waals surface area contributed by atoms with Crippen molar-refractivity contribution in [3.8, 4) is 5.75 Å². The zero-order valence-corrected chi connectivity index (χ0v) is 15.8. The number of sulfonamides is 1. The van der Waals surface area contributed by atoms with E-state index in [1.54, 1.807) is 36.4 Å². The van der Waals surface area contributed by atoms with Crippen LogP contribution in [0, 0.1) is 0 Å². The van der Waals surface area contributed by atoms with E-state index in [0.717, 1.165) is 10.8 Å². The molecular weight excluding hydrogens is 380 g/mol. The van der Waals surface area contributed by atoms with Crippen LogP contribution in [0.25, 0.3) is 10.8 Å². The van der Waals surface area contributed by atoms with Crippen molar-refractivity contribution in [2.75, 3.05) is 0 Å². The van der Waals surface area contributed by atoms with E-state index in [4.69, 9.17) is 9.84 Å². The van der Waals surface area contributed by atoms with Crippen LogP contribution in [0.15, 0.2) is 76.7 Å². The minimum absolute atomic E-state index is 0.120. The monoisotopic (exact) mass is 398 g/mol. The van der Waals surface area contributed by atoms with Gasteiger partial charge in [0.15, 0.2) is 6.10 Å². The number of benzene rings is 3. The molecule has 0 aliphatic heterocycles. The highest BCUT2D eigenvalue weighted by atomic mass is 32.2. The largest absolute Gasteiger partial charge is 0.479 e. The summed E-state index contributed by atoms with van der Waals surface area (Å²) >= 11 is 0. The lowest BCUT2D eigenvalue weighted by atomic mass is 10.1. The van der Waals surface area contributed by atoms with Gasteiger partial charge in [0, 0.05) is 0 Å². The van der Waals surface area contributed by atoms with Gasteiger partial charge in [0.2, 0.25) is 0 Å². The predicted molar refractivity (Wildman–Crippen MR) is 106 cm³/mol. The molecule has 0 radical (unpaired) electrons. The van der Waals surface area contributed by atoms with Gasteiger partial charge < -0.3 is 9.84 Å². The van der Waals surface area contributed by atoms with Gasteiger partial charge in [0.25, 0.3) is 10.0 Å². The van der Waals surface area contributed by atoms with E-state index in [1.165, 1.54) is 19.2 Å². The molecule has 3 rings (SSSR count). The molecule has 3 aromatic rings. The molecule has 3 aromatic carbocycles. The number of aliphatic carboxylic acids is 1. The van der Waals surface area contributed by atoms with Gasteiger partial charge in [-0.15, -0.1) is 0 Å². The summed E-state index contributed by atoms with van der Waals surface area (Å²) in [5.41, 5.74) is 0.622. The molecule has 0 aromatic heterocycles. The van der Waals surface area contributed by atoms with Gasteiger partial charge in [-0.05, 0) is 59.7 Å². The Kier molecular flexibility index (Phi) is 5.60. The maximum atomic E-state index is 12.4. The van der Waals surface area contributed by atoms with Crippen LogP contribution in [0.1, 0.15) is 12.5 Å². The van der Waals surface area contributed by atoms with Crippen LogP contribution in [0.2, 0.25) is 0 Å². The van der Waals surface area contributed by atoms with Crippen molar-refractivity contribution in [3.63, 3.8) is 0 Å². The Balaban J connectivity index is 1.68. The molecule has 7 nitrogen and oxygen atoms in total. The lowest BCUT2D eigenvalue weighted by molar-refractivity contribution is -0.144. The van der Waals surface area contributed by atoms with Crippen LogP contribution in [-0.4, -0.2) is 31.8 Å². The van der Waals surface area contributed by atoms with Crippen molar-refractivity contribution in [1.29, 1.82) is 0 Å². The number of carboxylic acids is 1. The Bertz CT molecular complexity index is 1120. The van der Waals surface area contributed by atoms with E-state index >= 15 is 0 Å². The van der Waals surface area contributed by atoms with Crippen LogP contribution in [0.4, 0.5) is 0 Å². The van der Waals surface area contributed by atoms with Gasteiger partial charge >= 0.3 is 5.97 Å². The lowest BCUT2D eigenvalue weighted by Gasteiger charge is -2.10. The molecule has 0 spiro atoms. The molecule has 0 saturated heterocycles. The van der Waals surface area contributed by atoms with E-state index in [1.807, 2.05) is 24.3 Å². The molecule has 0 heterocycles. The molecule has 2 N–H and O–H groups in total. The Labute approximate surface area is 162 Å². The minimum atomic E-state index is -3.79. The first kappa shape index (κ1) is 19.4. The van der Waals surface area contributed by atoms with Crippen LogP contribution >= 0.6 is 0 Å². The molecule has 0 unspecified atom stereocenters. The molecule has 0 bridgehead atoms. The molecule has 1 atom stereocenters. The van der Waals surface area contributed by atoms with Gasteiger partial charge in [0.1, 0.15) is 5.75 Å². The summed E-state index contributed by atoms with van der Waals surface area (Å²) in [4.78, 5) is 13.1. The third-order valence-corrected chi connectivity index (χ3v) is 5.18. The smallest absolute Gasteiger partial charge is 0.344 e. The molecular formula is C20H18N2O5S. The number of carboxylic acid groups (broad SMARTS) is 1. The number of carbonyl (C=O) groups is 1. The lowest BCUT2D eigenvalue weighted by Crippen LogP contribution is -2.22. The maximum absolute atomic E-state index is 12.4. The molecule has 8 heteroatoms. The second kappa shape index (κ2) is 8.10. The van der Waals surface area contributed by atoms with Crippen molar-refractivity contribution in [3.05, 3.63) is 72.3 Å². The number of hydrogen-bond donors (Lipinski definition) is 2. The fourth-order valence-electron chi connectivity index (χ4n) is 2.44. The molecule has 0 fully saturated rings. The predicted octanol–water partition coefficient (Wildman–Crippen LogP) is 3.00. The summed E-state index contributed by atoms with van der Waals surface area (Å²) in [5, 5.41) is 14.4. The van der Waals surface area contributed by atoms with Crippen molar-refractivity contribution >= 4 is 33.0 Å². The number of fused-ring (bicyclic) bond motifs is 1. The standard InChI is InChI=1S/C20H18N2O5S/c1-14(20(23)24)27-18-9-6-15(7-10-18)13-21-22-28(25,26)19-11-8-16-4-2-3-5-17(16)12-19/h2-14,22H,1H3,(H,23,24)/t14-/m1/s1. The molecule has 28 heavy (non-hydrogen) atoms. The average Bonchev–Trinajstić information content (AvgIpc) is 2.68. The fraction of sp³-hybridized carbons (Fsp3) is 0.100. The minimum Gasteiger partial charge on any atom is -0.479 e. The van der Waals surface area contributed by atoms with Gasteiger partial charge in [-0.25, -0.2) is 9.63 Å². The highest BCUT2D eigenvalue weighted by Gasteiger charge is 2.13. The Hall–Kier alpha value is -3.39. The highest BCUT2D eigenvalue weighted by Crippen LogP contribution is 2.19. The van der Waals surface area contributed by atoms with Crippen molar-refractivity contribution < 1.29 is 23.1 Å². The van der Waals surface area contributed by atoms with E-state index < -0.39 is 22.1 Å². The average molecular weight is 398 g/mol. The third kappa shape index (κ3) is 4.66. The summed E-state index contributed by atoms with van der Waals surface area (Å²) < 4.78 is 30.0. The van der Waals surface area contributed by atoms with E-state index in [2.05, 4.69) is 9.93 Å². The zero-order valence-electron chi connectivity index (χ0n) is 14.9. The first-order chi connectivity index (χ1) is 13.3. The molecule has 0 amide bonds. The van der Waals surface area contributed by atoms with Crippen LogP contribution < -0.4 is 9.57 Å². The van der Waals surface area contributed by atoms with E-state index in [-0.39, 0.29) is 4.90 Å². The molecule has 0 saturated carbocycles. The van der Waals surface area contributed by atoms with Gasteiger partial charge in [-0.1, -0.05) is 30.3 Å². The summed E-state index contributed by atoms with van der Waals surface area (Å²) in [6, 6.07) is 18.8. The normalized spacial score (nSPS) is 12.8. The second-order valence-electron chi connectivity index (χ2n) is 6.03. The van der Waals surface area contributed by atoms with Crippen LogP contribution in [0.3, 0.4) is 0 Å². The maximum Gasteiger partial charge on any atom is 0.344 e. The highest BCUT2D eigenvalue weighted by molar-refractivity contribution is 7.89. The number of ether oxygens (including phenoxy) is 1. The topological polar surface area (TPSA) is 105 Å². The second-order valence-corrected chi connectivity index (χ2v) is 7.69. The summed E-state index contributed by atoms with van der Waals surface area (Å²) in [6.07, 6.45) is 0.386.